The van der Waals surface area contributed by atoms with Crippen LogP contribution in [0.25, 0.3) is 0 Å². The number of benzene rings is 2. The van der Waals surface area contributed by atoms with Crippen molar-refractivity contribution in [2.75, 3.05) is 4.90 Å². The van der Waals surface area contributed by atoms with E-state index in [1.807, 2.05) is 30.3 Å². The van der Waals surface area contributed by atoms with Crippen LogP contribution in [0.4, 0.5) is 5.69 Å². The Balaban J connectivity index is 1.80. The molecule has 1 fully saturated rings. The first kappa shape index (κ1) is 20.5. The summed E-state index contributed by atoms with van der Waals surface area (Å²) in [4.78, 5) is 28.5. The van der Waals surface area contributed by atoms with Crippen LogP contribution in [0.2, 0.25) is 5.02 Å². The van der Waals surface area contributed by atoms with E-state index in [0.717, 1.165) is 37.2 Å². The van der Waals surface area contributed by atoms with Crippen molar-refractivity contribution >= 4 is 40.6 Å². The minimum Gasteiger partial charge on any atom is -0.351 e. The molecule has 0 unspecified atom stereocenters. The van der Waals surface area contributed by atoms with Crippen LogP contribution in [-0.4, -0.2) is 27.4 Å². The van der Waals surface area contributed by atoms with Crippen LogP contribution in [0, 0.1) is 0 Å². The van der Waals surface area contributed by atoms with Gasteiger partial charge in [0.2, 0.25) is 5.91 Å². The minimum atomic E-state index is -0.888. The molecule has 30 heavy (non-hydrogen) atoms. The standard InChI is InChI=1S/C22H21ClN4O2S/c23-17-12-6-7-13-19(17)27(22(29)18-14-30-26-25-18)20(15-8-2-1-3-9-15)21(28)24-16-10-4-5-11-16/h1-3,6-9,12-14,16,20H,4-5,10-11H2,(H,24,28)/t20-/m0/s1. The van der Waals surface area contributed by atoms with Gasteiger partial charge in [-0.15, -0.1) is 5.10 Å². The van der Waals surface area contributed by atoms with Gasteiger partial charge in [0.1, 0.15) is 6.04 Å². The molecule has 1 saturated carbocycles. The number of rotatable bonds is 6. The molecule has 3 aromatic rings. The molecular formula is C22H21ClN4O2S. The van der Waals surface area contributed by atoms with Crippen molar-refractivity contribution in [1.29, 1.82) is 0 Å². The summed E-state index contributed by atoms with van der Waals surface area (Å²) in [6.45, 7) is 0. The number of amides is 2. The zero-order valence-corrected chi connectivity index (χ0v) is 17.8. The van der Waals surface area contributed by atoms with E-state index in [0.29, 0.717) is 16.3 Å². The lowest BCUT2D eigenvalue weighted by Crippen LogP contribution is -2.46. The maximum atomic E-state index is 13.5. The molecule has 154 valence electrons. The molecule has 2 aromatic carbocycles. The molecule has 1 aliphatic rings. The summed E-state index contributed by atoms with van der Waals surface area (Å²) in [5.74, 6) is -0.656. The quantitative estimate of drug-likeness (QED) is 0.606. The first-order chi connectivity index (χ1) is 14.6. The predicted octanol–water partition coefficient (Wildman–Crippen LogP) is 4.64. The second-order valence-electron chi connectivity index (χ2n) is 7.22. The molecule has 1 aromatic heterocycles. The van der Waals surface area contributed by atoms with E-state index in [-0.39, 0.29) is 17.6 Å². The topological polar surface area (TPSA) is 75.2 Å². The summed E-state index contributed by atoms with van der Waals surface area (Å²) in [6.07, 6.45) is 4.09. The van der Waals surface area contributed by atoms with Gasteiger partial charge in [-0.25, -0.2) is 0 Å². The van der Waals surface area contributed by atoms with Crippen LogP contribution in [0.1, 0.15) is 47.8 Å². The lowest BCUT2D eigenvalue weighted by Gasteiger charge is -2.32. The molecule has 0 bridgehead atoms. The van der Waals surface area contributed by atoms with Crippen LogP contribution in [-0.2, 0) is 4.79 Å². The minimum absolute atomic E-state index is 0.118. The highest BCUT2D eigenvalue weighted by molar-refractivity contribution is 7.03. The van der Waals surface area contributed by atoms with Gasteiger partial charge in [-0.1, -0.05) is 71.4 Å². The molecule has 1 atom stereocenters. The number of hydrogen-bond acceptors (Lipinski definition) is 5. The molecule has 4 rings (SSSR count). The Hall–Kier alpha value is -2.77. The van der Waals surface area contributed by atoms with Gasteiger partial charge in [-0.2, -0.15) is 0 Å². The van der Waals surface area contributed by atoms with Gasteiger partial charge in [0, 0.05) is 11.4 Å². The van der Waals surface area contributed by atoms with Crippen molar-refractivity contribution in [3.05, 3.63) is 76.3 Å². The number of anilines is 1. The van der Waals surface area contributed by atoms with Crippen molar-refractivity contribution in [2.24, 2.45) is 0 Å². The maximum absolute atomic E-state index is 13.5. The van der Waals surface area contributed by atoms with Gasteiger partial charge in [-0.05, 0) is 42.1 Å². The van der Waals surface area contributed by atoms with Gasteiger partial charge in [-0.3, -0.25) is 14.5 Å². The van der Waals surface area contributed by atoms with E-state index in [2.05, 4.69) is 14.9 Å². The molecule has 2 amide bonds. The van der Waals surface area contributed by atoms with Gasteiger partial charge in [0.15, 0.2) is 5.69 Å². The third-order valence-corrected chi connectivity index (χ3v) is 6.06. The summed E-state index contributed by atoms with van der Waals surface area (Å²) >= 11 is 7.56. The number of carbonyl (C=O) groups excluding carboxylic acids is 2. The SMILES string of the molecule is O=C(NC1CCCC1)[C@H](c1ccccc1)N(C(=O)c1csnn1)c1ccccc1Cl. The van der Waals surface area contributed by atoms with E-state index in [1.54, 1.807) is 29.6 Å². The van der Waals surface area contributed by atoms with Crippen molar-refractivity contribution in [1.82, 2.24) is 14.9 Å². The van der Waals surface area contributed by atoms with Crippen molar-refractivity contribution in [2.45, 2.75) is 37.8 Å². The van der Waals surface area contributed by atoms with Crippen LogP contribution in [0.3, 0.4) is 0 Å². The molecule has 8 heteroatoms. The predicted molar refractivity (Wildman–Crippen MR) is 118 cm³/mol. The fourth-order valence-electron chi connectivity index (χ4n) is 3.80. The summed E-state index contributed by atoms with van der Waals surface area (Å²) in [5, 5.41) is 9.02. The van der Waals surface area contributed by atoms with Crippen molar-refractivity contribution in [3.8, 4) is 0 Å². The molecule has 0 spiro atoms. The Morgan fingerprint density at radius 2 is 1.77 bits per heavy atom. The Morgan fingerprint density at radius 3 is 2.43 bits per heavy atom. The van der Waals surface area contributed by atoms with E-state index >= 15 is 0 Å². The van der Waals surface area contributed by atoms with E-state index in [1.165, 1.54) is 4.90 Å². The summed E-state index contributed by atoms with van der Waals surface area (Å²) < 4.78 is 3.81. The highest BCUT2D eigenvalue weighted by atomic mass is 35.5. The molecule has 0 aliphatic heterocycles. The van der Waals surface area contributed by atoms with Gasteiger partial charge >= 0.3 is 0 Å². The molecule has 1 aliphatic carbocycles. The Kier molecular flexibility index (Phi) is 6.40. The number of carbonyl (C=O) groups is 2. The molecular weight excluding hydrogens is 420 g/mol. The number of nitrogens with zero attached hydrogens (tertiary/aromatic N) is 3. The summed E-state index contributed by atoms with van der Waals surface area (Å²) in [5.41, 5.74) is 1.33. The number of nitrogens with one attached hydrogen (secondary N) is 1. The molecule has 6 nitrogen and oxygen atoms in total. The number of aromatic nitrogens is 2. The normalized spacial score (nSPS) is 15.0. The Morgan fingerprint density at radius 1 is 1.07 bits per heavy atom. The fraction of sp³-hybridized carbons (Fsp3) is 0.273. The molecule has 1 N–H and O–H groups in total. The highest BCUT2D eigenvalue weighted by Gasteiger charge is 2.36. The van der Waals surface area contributed by atoms with Crippen molar-refractivity contribution < 1.29 is 9.59 Å². The van der Waals surface area contributed by atoms with E-state index in [4.69, 9.17) is 11.6 Å². The summed E-state index contributed by atoms with van der Waals surface area (Å²) in [7, 11) is 0. The van der Waals surface area contributed by atoms with E-state index < -0.39 is 11.9 Å². The van der Waals surface area contributed by atoms with Crippen molar-refractivity contribution in [3.63, 3.8) is 0 Å². The summed E-state index contributed by atoms with van der Waals surface area (Å²) in [6, 6.07) is 15.5. The maximum Gasteiger partial charge on any atom is 0.280 e. The Bertz CT molecular complexity index is 1010. The zero-order chi connectivity index (χ0) is 20.9. The average Bonchev–Trinajstić information content (AvgIpc) is 3.47. The van der Waals surface area contributed by atoms with E-state index in [9.17, 15) is 9.59 Å². The fourth-order valence-corrected chi connectivity index (χ4v) is 4.45. The molecule has 0 radical (unpaired) electrons. The average molecular weight is 441 g/mol. The van der Waals surface area contributed by atoms with Crippen LogP contribution >= 0.6 is 23.1 Å². The monoisotopic (exact) mass is 440 g/mol. The largest absolute Gasteiger partial charge is 0.351 e. The first-order valence-electron chi connectivity index (χ1n) is 9.85. The Labute approximate surface area is 184 Å². The third kappa shape index (κ3) is 4.37. The smallest absolute Gasteiger partial charge is 0.280 e. The molecule has 0 saturated heterocycles. The lowest BCUT2D eigenvalue weighted by atomic mass is 10.0. The number of hydrogen-bond donors (Lipinski definition) is 1. The van der Waals surface area contributed by atoms with Crippen LogP contribution in [0.5, 0.6) is 0 Å². The second-order valence-corrected chi connectivity index (χ2v) is 8.24. The van der Waals surface area contributed by atoms with Gasteiger partial charge < -0.3 is 5.32 Å². The third-order valence-electron chi connectivity index (χ3n) is 5.23. The second kappa shape index (κ2) is 9.36. The number of para-hydroxylation sites is 1. The van der Waals surface area contributed by atoms with Crippen LogP contribution in [0.15, 0.2) is 60.0 Å². The highest BCUT2D eigenvalue weighted by Crippen LogP contribution is 2.34. The van der Waals surface area contributed by atoms with Crippen LogP contribution < -0.4 is 10.2 Å². The number of halogens is 1. The molecule has 1 heterocycles. The van der Waals surface area contributed by atoms with Gasteiger partial charge in [0.25, 0.3) is 5.91 Å². The first-order valence-corrected chi connectivity index (χ1v) is 11.1. The zero-order valence-electron chi connectivity index (χ0n) is 16.2. The lowest BCUT2D eigenvalue weighted by molar-refractivity contribution is -0.123. The van der Waals surface area contributed by atoms with Gasteiger partial charge in [0.05, 0.1) is 10.7 Å².